The molecule has 0 heterocycles. The molecule has 0 amide bonds. The van der Waals surface area contributed by atoms with Crippen LogP contribution in [0, 0.1) is 0 Å². The summed E-state index contributed by atoms with van der Waals surface area (Å²) in [5.41, 5.74) is 15.9. The molecule has 228 valence electrons. The van der Waals surface area contributed by atoms with Gasteiger partial charge in [0.15, 0.2) is 0 Å². The van der Waals surface area contributed by atoms with Crippen LogP contribution < -0.4 is 0 Å². The summed E-state index contributed by atoms with van der Waals surface area (Å²) >= 11 is 0. The second-order valence-electron chi connectivity index (χ2n) is 14.4. The highest BCUT2D eigenvalue weighted by atomic mass is 14.4. The Morgan fingerprint density at radius 2 is 0.939 bits per heavy atom. The second kappa shape index (κ2) is 9.56. The van der Waals surface area contributed by atoms with Crippen molar-refractivity contribution in [3.8, 4) is 55.6 Å². The van der Waals surface area contributed by atoms with E-state index in [1.54, 1.807) is 0 Å². The van der Waals surface area contributed by atoms with E-state index in [2.05, 4.69) is 172 Å². The minimum Gasteiger partial charge on any atom is -0.0616 e. The van der Waals surface area contributed by atoms with Crippen LogP contribution in [0.5, 0.6) is 0 Å². The van der Waals surface area contributed by atoms with E-state index in [0.717, 1.165) is 0 Å². The Bertz CT molecular complexity index is 2870. The summed E-state index contributed by atoms with van der Waals surface area (Å²) in [6.45, 7) is 4.82. The monoisotopic (exact) mass is 620 g/mol. The first-order chi connectivity index (χ1) is 24.1. The zero-order valence-electron chi connectivity index (χ0n) is 27.5. The SMILES string of the molecule is CC1(C)c2cc3cc(-c4cccc(-c5ccc6c7c(cccc57)-c5ccccc5-6)c4)ccc3cc2-c2c1c1ccccc1c1ccccc21. The van der Waals surface area contributed by atoms with Crippen molar-refractivity contribution in [1.29, 1.82) is 0 Å². The Kier molecular flexibility index (Phi) is 5.27. The summed E-state index contributed by atoms with van der Waals surface area (Å²) in [6, 6.07) is 59.2. The average molecular weight is 621 g/mol. The van der Waals surface area contributed by atoms with E-state index in [4.69, 9.17) is 0 Å². The fraction of sp³-hybridized carbons (Fsp3) is 0.0612. The van der Waals surface area contributed by atoms with Crippen molar-refractivity contribution >= 4 is 43.1 Å². The fourth-order valence-electron chi connectivity index (χ4n) is 9.33. The van der Waals surface area contributed by atoms with Crippen molar-refractivity contribution in [3.63, 3.8) is 0 Å². The van der Waals surface area contributed by atoms with Crippen LogP contribution >= 0.6 is 0 Å². The first-order valence-corrected chi connectivity index (χ1v) is 17.4. The first kappa shape index (κ1) is 27.0. The third-order valence-electron chi connectivity index (χ3n) is 11.5. The molecule has 0 aromatic heterocycles. The third-order valence-corrected chi connectivity index (χ3v) is 11.5. The molecule has 0 saturated carbocycles. The van der Waals surface area contributed by atoms with Crippen LogP contribution in [0.2, 0.25) is 0 Å². The van der Waals surface area contributed by atoms with Gasteiger partial charge in [-0.05, 0) is 134 Å². The zero-order valence-corrected chi connectivity index (χ0v) is 27.5. The molecule has 0 aliphatic heterocycles. The summed E-state index contributed by atoms with van der Waals surface area (Å²) in [6.07, 6.45) is 0. The van der Waals surface area contributed by atoms with Crippen LogP contribution in [-0.2, 0) is 5.41 Å². The minimum absolute atomic E-state index is 0.117. The topological polar surface area (TPSA) is 0 Å². The lowest BCUT2D eigenvalue weighted by Crippen LogP contribution is -2.15. The summed E-state index contributed by atoms with van der Waals surface area (Å²) < 4.78 is 0. The number of fused-ring (bicyclic) bond motifs is 12. The summed E-state index contributed by atoms with van der Waals surface area (Å²) in [5, 5.41) is 10.7. The molecule has 0 saturated heterocycles. The van der Waals surface area contributed by atoms with Gasteiger partial charge in [0.25, 0.3) is 0 Å². The van der Waals surface area contributed by atoms with E-state index in [-0.39, 0.29) is 5.41 Å². The Morgan fingerprint density at radius 3 is 1.76 bits per heavy atom. The van der Waals surface area contributed by atoms with Crippen molar-refractivity contribution in [2.75, 3.05) is 0 Å². The van der Waals surface area contributed by atoms with Gasteiger partial charge >= 0.3 is 0 Å². The van der Waals surface area contributed by atoms with Crippen molar-refractivity contribution in [3.05, 3.63) is 169 Å². The molecule has 0 unspecified atom stereocenters. The van der Waals surface area contributed by atoms with Crippen molar-refractivity contribution < 1.29 is 0 Å². The van der Waals surface area contributed by atoms with Gasteiger partial charge in [-0.3, -0.25) is 0 Å². The van der Waals surface area contributed by atoms with Gasteiger partial charge in [-0.1, -0.05) is 147 Å². The predicted octanol–water partition coefficient (Wildman–Crippen LogP) is 13.6. The maximum Gasteiger partial charge on any atom is 0.0165 e. The quantitative estimate of drug-likeness (QED) is 0.169. The second-order valence-corrected chi connectivity index (χ2v) is 14.4. The van der Waals surface area contributed by atoms with Crippen LogP contribution in [-0.4, -0.2) is 0 Å². The minimum atomic E-state index is -0.117. The van der Waals surface area contributed by atoms with E-state index < -0.39 is 0 Å². The molecule has 0 N–H and O–H groups in total. The lowest BCUT2D eigenvalue weighted by atomic mass is 9.79. The van der Waals surface area contributed by atoms with Gasteiger partial charge in [-0.25, -0.2) is 0 Å². The van der Waals surface area contributed by atoms with Crippen molar-refractivity contribution in [1.82, 2.24) is 0 Å². The van der Waals surface area contributed by atoms with Crippen LogP contribution in [0.15, 0.2) is 158 Å². The lowest BCUT2D eigenvalue weighted by Gasteiger charge is -2.24. The summed E-state index contributed by atoms with van der Waals surface area (Å²) in [5.74, 6) is 0. The van der Waals surface area contributed by atoms with Crippen LogP contribution in [0.3, 0.4) is 0 Å². The summed E-state index contributed by atoms with van der Waals surface area (Å²) in [4.78, 5) is 0. The highest BCUT2D eigenvalue weighted by molar-refractivity contribution is 6.20. The molecule has 2 aliphatic carbocycles. The van der Waals surface area contributed by atoms with Gasteiger partial charge in [0.1, 0.15) is 0 Å². The van der Waals surface area contributed by atoms with E-state index in [1.165, 1.54) is 110 Å². The predicted molar refractivity (Wildman–Crippen MR) is 209 cm³/mol. The lowest BCUT2D eigenvalue weighted by molar-refractivity contribution is 0.667. The molecule has 0 radical (unpaired) electrons. The molecule has 0 heteroatoms. The number of benzene rings is 9. The molecule has 9 aromatic rings. The molecule has 0 nitrogen and oxygen atoms in total. The van der Waals surface area contributed by atoms with Crippen LogP contribution in [0.25, 0.3) is 98.7 Å². The molecule has 11 rings (SSSR count). The molecule has 49 heavy (non-hydrogen) atoms. The van der Waals surface area contributed by atoms with Gasteiger partial charge in [0.05, 0.1) is 0 Å². The number of hydrogen-bond donors (Lipinski definition) is 0. The first-order valence-electron chi connectivity index (χ1n) is 17.4. The Balaban J connectivity index is 1.06. The van der Waals surface area contributed by atoms with Crippen molar-refractivity contribution in [2.24, 2.45) is 0 Å². The highest BCUT2D eigenvalue weighted by Crippen LogP contribution is 2.55. The van der Waals surface area contributed by atoms with E-state index in [9.17, 15) is 0 Å². The molecular weight excluding hydrogens is 589 g/mol. The molecule has 0 atom stereocenters. The van der Waals surface area contributed by atoms with Gasteiger partial charge < -0.3 is 0 Å². The van der Waals surface area contributed by atoms with E-state index in [0.29, 0.717) is 0 Å². The smallest absolute Gasteiger partial charge is 0.0165 e. The highest BCUT2D eigenvalue weighted by Gasteiger charge is 2.38. The van der Waals surface area contributed by atoms with E-state index >= 15 is 0 Å². The Morgan fingerprint density at radius 1 is 0.347 bits per heavy atom. The molecule has 0 bridgehead atoms. The molecular formula is C49H32. The van der Waals surface area contributed by atoms with Gasteiger partial charge in [0, 0.05) is 5.41 Å². The molecule has 0 fully saturated rings. The van der Waals surface area contributed by atoms with Gasteiger partial charge in [-0.2, -0.15) is 0 Å². The van der Waals surface area contributed by atoms with E-state index in [1.807, 2.05) is 0 Å². The molecule has 0 spiro atoms. The van der Waals surface area contributed by atoms with Gasteiger partial charge in [0.2, 0.25) is 0 Å². The normalized spacial score (nSPS) is 13.7. The van der Waals surface area contributed by atoms with Crippen LogP contribution in [0.1, 0.15) is 25.0 Å². The largest absolute Gasteiger partial charge is 0.0616 e. The summed E-state index contributed by atoms with van der Waals surface area (Å²) in [7, 11) is 0. The van der Waals surface area contributed by atoms with Crippen LogP contribution in [0.4, 0.5) is 0 Å². The average Bonchev–Trinajstić information content (AvgIpc) is 3.60. The maximum atomic E-state index is 2.47. The zero-order chi connectivity index (χ0) is 32.4. The molecule has 2 aliphatic rings. The molecule has 9 aromatic carbocycles. The maximum absolute atomic E-state index is 2.47. The Labute approximate surface area is 285 Å². The van der Waals surface area contributed by atoms with Gasteiger partial charge in [-0.15, -0.1) is 0 Å². The third kappa shape index (κ3) is 3.58. The van der Waals surface area contributed by atoms with Crippen molar-refractivity contribution in [2.45, 2.75) is 19.3 Å². The standard InChI is InChI=1S/C49H32/c1-49(2)45-28-33-26-30(21-22-31(33)27-44(45)47-41-17-7-5-15-37(41)38-16-6-8-18-43(38)48(47)49)29-11-9-12-32(25-29)34-23-24-42-36-14-4-3-13-35(36)40-20-10-19-39(34)46(40)42/h3-28H,1-2H3. The number of hydrogen-bond acceptors (Lipinski definition) is 0. The Hall–Kier alpha value is -5.98. The number of rotatable bonds is 2. The fourth-order valence-corrected chi connectivity index (χ4v) is 9.33.